The van der Waals surface area contributed by atoms with E-state index in [4.69, 9.17) is 9.57 Å². The fraction of sp³-hybridized carbons (Fsp3) is 0.533. The summed E-state index contributed by atoms with van der Waals surface area (Å²) < 4.78 is 30.7. The monoisotopic (exact) mass is 325 g/mol. The first-order chi connectivity index (χ1) is 10.3. The third kappa shape index (κ3) is 2.15. The van der Waals surface area contributed by atoms with E-state index in [0.29, 0.717) is 0 Å². The molecule has 120 valence electrons. The molecule has 0 amide bonds. The topological polar surface area (TPSA) is 72.9 Å². The molecule has 6 nitrogen and oxygen atoms in total. The molecule has 2 fully saturated rings. The van der Waals surface area contributed by atoms with Gasteiger partial charge in [0.2, 0.25) is 9.84 Å². The van der Waals surface area contributed by atoms with Crippen molar-refractivity contribution in [2.45, 2.75) is 55.2 Å². The van der Waals surface area contributed by atoms with E-state index >= 15 is 0 Å². The van der Waals surface area contributed by atoms with Crippen LogP contribution in [0.4, 0.5) is 0 Å². The van der Waals surface area contributed by atoms with E-state index in [1.165, 1.54) is 17.2 Å². The Balaban J connectivity index is 1.95. The zero-order valence-electron chi connectivity index (χ0n) is 12.7. The van der Waals surface area contributed by atoms with Gasteiger partial charge in [-0.25, -0.2) is 13.2 Å². The first kappa shape index (κ1) is 15.5. The molecule has 3 rings (SSSR count). The second-order valence-corrected chi connectivity index (χ2v) is 8.14. The Morgan fingerprint density at radius 1 is 1.23 bits per heavy atom. The maximum absolute atomic E-state index is 12.7. The lowest BCUT2D eigenvalue weighted by Crippen LogP contribution is -2.60. The van der Waals surface area contributed by atoms with Crippen LogP contribution in [0.15, 0.2) is 35.2 Å². The minimum atomic E-state index is -3.67. The number of rotatable bonds is 2. The van der Waals surface area contributed by atoms with Gasteiger partial charge in [0.15, 0.2) is 5.44 Å². The summed E-state index contributed by atoms with van der Waals surface area (Å²) in [5, 5.41) is 1.49. The van der Waals surface area contributed by atoms with Crippen LogP contribution < -0.4 is 0 Å². The van der Waals surface area contributed by atoms with Gasteiger partial charge >= 0.3 is 5.97 Å². The number of fused-ring (bicyclic) bond motifs is 1. The van der Waals surface area contributed by atoms with Crippen LogP contribution in [-0.4, -0.2) is 42.6 Å². The molecule has 4 unspecified atom stereocenters. The molecular formula is C15H19NO5S. The number of esters is 1. The summed E-state index contributed by atoms with van der Waals surface area (Å²) in [5.41, 5.74) is -2.15. The predicted octanol–water partition coefficient (Wildman–Crippen LogP) is 1.52. The molecule has 22 heavy (non-hydrogen) atoms. The van der Waals surface area contributed by atoms with Crippen molar-refractivity contribution in [3.8, 4) is 0 Å². The quantitative estimate of drug-likeness (QED) is 0.768. The number of hydroxylamine groups is 2. The third-order valence-corrected chi connectivity index (χ3v) is 6.36. The molecule has 0 aliphatic carbocycles. The second-order valence-electron chi connectivity index (χ2n) is 6.05. The molecule has 0 radical (unpaired) electrons. The molecule has 1 aromatic carbocycles. The first-order valence-corrected chi connectivity index (χ1v) is 8.77. The van der Waals surface area contributed by atoms with Gasteiger partial charge in [0.25, 0.3) is 0 Å². The Labute approximate surface area is 129 Å². The Hall–Kier alpha value is -1.44. The predicted molar refractivity (Wildman–Crippen MR) is 78.4 cm³/mol. The Kier molecular flexibility index (Phi) is 3.54. The maximum Gasteiger partial charge on any atom is 0.329 e. The number of hydrogen-bond acceptors (Lipinski definition) is 6. The van der Waals surface area contributed by atoms with Gasteiger partial charge in [-0.05, 0) is 32.9 Å². The van der Waals surface area contributed by atoms with Gasteiger partial charge in [0, 0.05) is 6.42 Å². The summed E-state index contributed by atoms with van der Waals surface area (Å²) in [7, 11) is -3.67. The molecule has 0 N–H and O–H groups in total. The van der Waals surface area contributed by atoms with E-state index < -0.39 is 26.8 Å². The van der Waals surface area contributed by atoms with Crippen LogP contribution in [0.5, 0.6) is 0 Å². The highest BCUT2D eigenvalue weighted by Crippen LogP contribution is 2.42. The normalized spacial score (nSPS) is 36.0. The van der Waals surface area contributed by atoms with Gasteiger partial charge in [-0.1, -0.05) is 18.2 Å². The highest BCUT2D eigenvalue weighted by atomic mass is 32.2. The lowest BCUT2D eigenvalue weighted by atomic mass is 9.94. The van der Waals surface area contributed by atoms with Gasteiger partial charge in [-0.2, -0.15) is 5.06 Å². The number of ether oxygens (including phenoxy) is 1. The number of sulfone groups is 1. The van der Waals surface area contributed by atoms with Gasteiger partial charge in [0.1, 0.15) is 11.6 Å². The lowest BCUT2D eigenvalue weighted by Gasteiger charge is -2.42. The van der Waals surface area contributed by atoms with E-state index in [2.05, 4.69) is 0 Å². The van der Waals surface area contributed by atoms with Crippen molar-refractivity contribution in [2.24, 2.45) is 0 Å². The van der Waals surface area contributed by atoms with Crippen LogP contribution >= 0.6 is 0 Å². The van der Waals surface area contributed by atoms with Gasteiger partial charge in [-0.15, -0.1) is 0 Å². The van der Waals surface area contributed by atoms with E-state index in [1.807, 2.05) is 6.92 Å². The maximum atomic E-state index is 12.7. The Morgan fingerprint density at radius 3 is 2.50 bits per heavy atom. The Bertz CT molecular complexity index is 689. The van der Waals surface area contributed by atoms with Crippen LogP contribution in [0.3, 0.4) is 0 Å². The third-order valence-electron chi connectivity index (χ3n) is 4.48. The van der Waals surface area contributed by atoms with Crippen molar-refractivity contribution in [1.29, 1.82) is 0 Å². The van der Waals surface area contributed by atoms with E-state index in [9.17, 15) is 13.2 Å². The van der Waals surface area contributed by atoms with Crippen molar-refractivity contribution in [1.82, 2.24) is 5.06 Å². The van der Waals surface area contributed by atoms with Crippen LogP contribution in [-0.2, 0) is 24.2 Å². The number of carbonyl (C=O) groups excluding carboxylic acids is 1. The van der Waals surface area contributed by atoms with E-state index in [1.54, 1.807) is 32.0 Å². The fourth-order valence-corrected chi connectivity index (χ4v) is 4.52. The highest BCUT2D eigenvalue weighted by molar-refractivity contribution is 7.92. The molecule has 2 saturated heterocycles. The standard InChI is InChI=1S/C15H19NO5S/c1-10-11(2)20-14(17)15(3)9-13(21-16(10)15)22(18,19)12-7-5-4-6-8-12/h4-8,10-11,13H,9H2,1-3H3. The molecule has 2 aliphatic heterocycles. The van der Waals surface area contributed by atoms with Crippen LogP contribution in [0.2, 0.25) is 0 Å². The minimum absolute atomic E-state index is 0.0557. The average Bonchev–Trinajstić information content (AvgIpc) is 2.87. The number of morpholine rings is 1. The number of hydrogen-bond donors (Lipinski definition) is 0. The van der Waals surface area contributed by atoms with E-state index in [-0.39, 0.29) is 23.5 Å². The van der Waals surface area contributed by atoms with Crippen LogP contribution in [0.1, 0.15) is 27.2 Å². The molecule has 0 aromatic heterocycles. The van der Waals surface area contributed by atoms with Crippen molar-refractivity contribution in [2.75, 3.05) is 0 Å². The van der Waals surface area contributed by atoms with Crippen LogP contribution in [0.25, 0.3) is 0 Å². The average molecular weight is 325 g/mol. The van der Waals surface area contributed by atoms with Crippen molar-refractivity contribution >= 4 is 15.8 Å². The summed E-state index contributed by atoms with van der Waals surface area (Å²) in [6, 6.07) is 7.93. The molecule has 7 heteroatoms. The van der Waals surface area contributed by atoms with E-state index in [0.717, 1.165) is 0 Å². The number of cyclic esters (lactones) is 1. The fourth-order valence-electron chi connectivity index (χ4n) is 2.93. The summed E-state index contributed by atoms with van der Waals surface area (Å²) in [6.07, 6.45) is -0.293. The zero-order chi connectivity index (χ0) is 16.1. The van der Waals surface area contributed by atoms with Crippen LogP contribution in [0, 0.1) is 0 Å². The summed E-state index contributed by atoms with van der Waals surface area (Å²) in [6.45, 7) is 5.29. The molecule has 1 aromatic rings. The van der Waals surface area contributed by atoms with Gasteiger partial charge in [0.05, 0.1) is 10.9 Å². The van der Waals surface area contributed by atoms with Gasteiger partial charge in [-0.3, -0.25) is 4.84 Å². The summed E-state index contributed by atoms with van der Waals surface area (Å²) in [4.78, 5) is 18.1. The molecule has 2 heterocycles. The molecule has 0 bridgehead atoms. The first-order valence-electron chi connectivity index (χ1n) is 7.23. The van der Waals surface area contributed by atoms with Gasteiger partial charge < -0.3 is 4.74 Å². The molecule has 4 atom stereocenters. The lowest BCUT2D eigenvalue weighted by molar-refractivity contribution is -0.247. The summed E-state index contributed by atoms with van der Waals surface area (Å²) >= 11 is 0. The second kappa shape index (κ2) is 5.04. The number of nitrogens with zero attached hydrogens (tertiary/aromatic N) is 1. The molecule has 2 aliphatic rings. The summed E-state index contributed by atoms with van der Waals surface area (Å²) in [5.74, 6) is -0.441. The number of carbonyl (C=O) groups is 1. The molecular weight excluding hydrogens is 306 g/mol. The van der Waals surface area contributed by atoms with Crippen molar-refractivity contribution in [3.05, 3.63) is 30.3 Å². The largest absolute Gasteiger partial charge is 0.459 e. The highest BCUT2D eigenvalue weighted by Gasteiger charge is 2.59. The molecule has 0 spiro atoms. The zero-order valence-corrected chi connectivity index (χ0v) is 13.5. The SMILES string of the molecule is CC1OC(=O)C2(C)CC(S(=O)(=O)c3ccccc3)ON2C1C. The van der Waals surface area contributed by atoms with Crippen molar-refractivity contribution < 1.29 is 22.8 Å². The Morgan fingerprint density at radius 2 is 1.86 bits per heavy atom. The number of benzene rings is 1. The minimum Gasteiger partial charge on any atom is -0.459 e. The molecule has 0 saturated carbocycles. The van der Waals surface area contributed by atoms with Crippen molar-refractivity contribution in [3.63, 3.8) is 0 Å². The smallest absolute Gasteiger partial charge is 0.329 e.